The summed E-state index contributed by atoms with van der Waals surface area (Å²) < 4.78 is 1.25. The van der Waals surface area contributed by atoms with Crippen LogP contribution in [0.15, 0.2) is 97.2 Å². The molecule has 0 spiro atoms. The standard InChI is InChI=1S/C28H28N4O2/c33-27(31-18-16-23(17-19-31)20-22-10-4-1-5-11-22)32-21-26(29-30-32)28(34,24-12-6-2-7-13-24)25-14-8-3-9-15-25/h1-15,21,23,34H,16-20H2. The van der Waals surface area contributed by atoms with Crippen molar-refractivity contribution in [3.63, 3.8) is 0 Å². The average molecular weight is 453 g/mol. The van der Waals surface area contributed by atoms with Crippen molar-refractivity contribution in [3.8, 4) is 0 Å². The molecule has 0 aliphatic carbocycles. The summed E-state index contributed by atoms with van der Waals surface area (Å²) >= 11 is 0. The maximum Gasteiger partial charge on any atom is 0.346 e. The van der Waals surface area contributed by atoms with Gasteiger partial charge in [0.1, 0.15) is 5.69 Å². The molecule has 0 unspecified atom stereocenters. The summed E-state index contributed by atoms with van der Waals surface area (Å²) in [4.78, 5) is 15.0. The molecule has 5 rings (SSSR count). The maximum atomic E-state index is 13.2. The Labute approximate surface area is 199 Å². The van der Waals surface area contributed by atoms with E-state index in [0.717, 1.165) is 19.3 Å². The largest absolute Gasteiger partial charge is 0.374 e. The van der Waals surface area contributed by atoms with Gasteiger partial charge in [-0.3, -0.25) is 0 Å². The monoisotopic (exact) mass is 452 g/mol. The highest BCUT2D eigenvalue weighted by atomic mass is 16.3. The smallest absolute Gasteiger partial charge is 0.346 e. The Morgan fingerprint density at radius 1 is 0.853 bits per heavy atom. The van der Waals surface area contributed by atoms with Gasteiger partial charge in [-0.1, -0.05) is 96.2 Å². The van der Waals surface area contributed by atoms with Gasteiger partial charge in [-0.05, 0) is 41.9 Å². The van der Waals surface area contributed by atoms with Crippen LogP contribution in [0.4, 0.5) is 4.79 Å². The zero-order valence-corrected chi connectivity index (χ0v) is 19.0. The molecule has 1 saturated heterocycles. The molecule has 2 heterocycles. The fourth-order valence-electron chi connectivity index (χ4n) is 4.76. The Balaban J connectivity index is 1.33. The third-order valence-electron chi connectivity index (χ3n) is 6.70. The number of carbonyl (C=O) groups excluding carboxylic acids is 1. The molecule has 4 aromatic rings. The van der Waals surface area contributed by atoms with E-state index in [-0.39, 0.29) is 6.03 Å². The maximum absolute atomic E-state index is 13.2. The van der Waals surface area contributed by atoms with Crippen LogP contribution in [0.25, 0.3) is 0 Å². The third kappa shape index (κ3) is 4.37. The van der Waals surface area contributed by atoms with E-state index in [9.17, 15) is 9.90 Å². The number of aliphatic hydroxyl groups is 1. The summed E-state index contributed by atoms with van der Waals surface area (Å²) in [6.07, 6.45) is 4.51. The van der Waals surface area contributed by atoms with Crippen molar-refractivity contribution in [3.05, 3.63) is 120 Å². The third-order valence-corrected chi connectivity index (χ3v) is 6.70. The predicted octanol–water partition coefficient (Wildman–Crippen LogP) is 4.49. The lowest BCUT2D eigenvalue weighted by atomic mass is 9.84. The van der Waals surface area contributed by atoms with E-state index in [1.165, 1.54) is 10.2 Å². The summed E-state index contributed by atoms with van der Waals surface area (Å²) in [7, 11) is 0. The van der Waals surface area contributed by atoms with Gasteiger partial charge >= 0.3 is 6.03 Å². The van der Waals surface area contributed by atoms with Gasteiger partial charge in [-0.25, -0.2) is 4.79 Å². The number of hydrogen-bond donors (Lipinski definition) is 1. The van der Waals surface area contributed by atoms with Crippen molar-refractivity contribution in [2.24, 2.45) is 5.92 Å². The Morgan fingerprint density at radius 2 is 1.38 bits per heavy atom. The van der Waals surface area contributed by atoms with Gasteiger partial charge in [-0.2, -0.15) is 4.68 Å². The molecule has 1 amide bonds. The van der Waals surface area contributed by atoms with Crippen LogP contribution < -0.4 is 0 Å². The predicted molar refractivity (Wildman–Crippen MR) is 130 cm³/mol. The number of aromatic nitrogens is 3. The second-order valence-electron chi connectivity index (χ2n) is 8.89. The first-order valence-electron chi connectivity index (χ1n) is 11.7. The molecular formula is C28H28N4O2. The summed E-state index contributed by atoms with van der Waals surface area (Å²) in [5.74, 6) is 0.569. The second kappa shape index (κ2) is 9.61. The van der Waals surface area contributed by atoms with Gasteiger partial charge in [0.2, 0.25) is 0 Å². The SMILES string of the molecule is O=C(N1CCC(Cc2ccccc2)CC1)n1cc(C(O)(c2ccccc2)c2ccccc2)nn1. The van der Waals surface area contributed by atoms with Crippen LogP contribution in [-0.4, -0.2) is 44.1 Å². The second-order valence-corrected chi connectivity index (χ2v) is 8.89. The Bertz CT molecular complexity index is 1180. The van der Waals surface area contributed by atoms with E-state index in [1.807, 2.05) is 71.6 Å². The number of amides is 1. The van der Waals surface area contributed by atoms with E-state index in [4.69, 9.17) is 0 Å². The molecule has 6 heteroatoms. The number of piperidine rings is 1. The van der Waals surface area contributed by atoms with Gasteiger partial charge in [0.15, 0.2) is 5.60 Å². The van der Waals surface area contributed by atoms with Crippen LogP contribution >= 0.6 is 0 Å². The minimum atomic E-state index is -1.51. The molecule has 0 saturated carbocycles. The molecular weight excluding hydrogens is 424 g/mol. The fraction of sp³-hybridized carbons (Fsp3) is 0.250. The van der Waals surface area contributed by atoms with Crippen molar-refractivity contribution < 1.29 is 9.90 Å². The summed E-state index contributed by atoms with van der Waals surface area (Å²) in [6, 6.07) is 29.0. The lowest BCUT2D eigenvalue weighted by Crippen LogP contribution is -2.41. The van der Waals surface area contributed by atoms with Crippen molar-refractivity contribution in [2.75, 3.05) is 13.1 Å². The molecule has 1 aliphatic heterocycles. The highest BCUT2D eigenvalue weighted by Gasteiger charge is 2.37. The molecule has 1 aliphatic rings. The lowest BCUT2D eigenvalue weighted by molar-refractivity contribution is 0.120. The molecule has 0 bridgehead atoms. The molecule has 1 N–H and O–H groups in total. The van der Waals surface area contributed by atoms with Crippen LogP contribution in [0, 0.1) is 5.92 Å². The molecule has 172 valence electrons. The van der Waals surface area contributed by atoms with Gasteiger partial charge < -0.3 is 10.0 Å². The van der Waals surface area contributed by atoms with Gasteiger partial charge in [0, 0.05) is 13.1 Å². The van der Waals surface area contributed by atoms with Gasteiger partial charge in [0.25, 0.3) is 0 Å². The van der Waals surface area contributed by atoms with Crippen LogP contribution in [-0.2, 0) is 12.0 Å². The average Bonchev–Trinajstić information content (AvgIpc) is 3.41. The first-order chi connectivity index (χ1) is 16.6. The molecule has 6 nitrogen and oxygen atoms in total. The normalized spacial score (nSPS) is 14.8. The zero-order chi connectivity index (χ0) is 23.4. The van der Waals surface area contributed by atoms with Crippen LogP contribution in [0.5, 0.6) is 0 Å². The summed E-state index contributed by atoms with van der Waals surface area (Å²) in [6.45, 7) is 1.38. The van der Waals surface area contributed by atoms with Crippen LogP contribution in [0.3, 0.4) is 0 Å². The lowest BCUT2D eigenvalue weighted by Gasteiger charge is -2.31. The van der Waals surface area contributed by atoms with E-state index < -0.39 is 5.60 Å². The molecule has 0 atom stereocenters. The number of rotatable bonds is 5. The summed E-state index contributed by atoms with van der Waals surface area (Å²) in [5, 5.41) is 20.2. The zero-order valence-electron chi connectivity index (χ0n) is 19.0. The highest BCUT2D eigenvalue weighted by molar-refractivity contribution is 5.76. The van der Waals surface area contributed by atoms with Gasteiger partial charge in [-0.15, -0.1) is 5.10 Å². The number of carbonyl (C=O) groups is 1. The fourth-order valence-corrected chi connectivity index (χ4v) is 4.76. The van der Waals surface area contributed by atoms with Crippen LogP contribution in [0.1, 0.15) is 35.2 Å². The topological polar surface area (TPSA) is 71.2 Å². The number of likely N-dealkylation sites (tertiary alicyclic amines) is 1. The molecule has 1 fully saturated rings. The van der Waals surface area contributed by atoms with Crippen molar-refractivity contribution in [2.45, 2.75) is 24.9 Å². The van der Waals surface area contributed by atoms with Crippen LogP contribution in [0.2, 0.25) is 0 Å². The quantitative estimate of drug-likeness (QED) is 0.485. The summed E-state index contributed by atoms with van der Waals surface area (Å²) in [5.41, 5.74) is 1.49. The van der Waals surface area contributed by atoms with E-state index in [0.29, 0.717) is 35.8 Å². The van der Waals surface area contributed by atoms with E-state index >= 15 is 0 Å². The first kappa shape index (κ1) is 22.0. The molecule has 0 radical (unpaired) electrons. The minimum Gasteiger partial charge on any atom is -0.374 e. The van der Waals surface area contributed by atoms with Crippen molar-refractivity contribution in [1.82, 2.24) is 19.9 Å². The Hall–Kier alpha value is -3.77. The molecule has 34 heavy (non-hydrogen) atoms. The highest BCUT2D eigenvalue weighted by Crippen LogP contribution is 2.35. The number of hydrogen-bond acceptors (Lipinski definition) is 4. The molecule has 1 aromatic heterocycles. The Kier molecular flexibility index (Phi) is 6.23. The number of benzene rings is 3. The minimum absolute atomic E-state index is 0.208. The molecule has 3 aromatic carbocycles. The Morgan fingerprint density at radius 3 is 1.94 bits per heavy atom. The van der Waals surface area contributed by atoms with E-state index in [1.54, 1.807) is 6.20 Å². The first-order valence-corrected chi connectivity index (χ1v) is 11.7. The number of nitrogens with zero attached hydrogens (tertiary/aromatic N) is 4. The van der Waals surface area contributed by atoms with Crippen molar-refractivity contribution >= 4 is 6.03 Å². The van der Waals surface area contributed by atoms with Gasteiger partial charge in [0.05, 0.1) is 6.20 Å². The van der Waals surface area contributed by atoms with E-state index in [2.05, 4.69) is 34.6 Å². The van der Waals surface area contributed by atoms with Crippen molar-refractivity contribution in [1.29, 1.82) is 0 Å².